The number of aliphatic hydroxyl groups is 1. The molecule has 0 aliphatic carbocycles. The summed E-state index contributed by atoms with van der Waals surface area (Å²) in [6, 6.07) is 0. The Hall–Kier alpha value is -1.94. The van der Waals surface area contributed by atoms with Crippen LogP contribution in [0.4, 0.5) is 0 Å². The van der Waals surface area contributed by atoms with E-state index in [1.165, 1.54) is 122 Å². The third kappa shape index (κ3) is 59.7. The van der Waals surface area contributed by atoms with Gasteiger partial charge in [0.25, 0.3) is 0 Å². The molecule has 6 atom stereocenters. The molecule has 0 rings (SSSR count). The van der Waals surface area contributed by atoms with Gasteiger partial charge in [-0.25, -0.2) is 9.13 Å². The van der Waals surface area contributed by atoms with Gasteiger partial charge >= 0.3 is 39.5 Å². The van der Waals surface area contributed by atoms with Crippen LogP contribution in [0.5, 0.6) is 0 Å². The maximum Gasteiger partial charge on any atom is 0.472 e. The van der Waals surface area contributed by atoms with Gasteiger partial charge in [-0.3, -0.25) is 37.3 Å². The lowest BCUT2D eigenvalue weighted by Crippen LogP contribution is -2.30. The fourth-order valence-corrected chi connectivity index (χ4v) is 11.5. The lowest BCUT2D eigenvalue weighted by Gasteiger charge is -2.21. The molecule has 3 N–H and O–H groups in total. The number of carbonyl (C=O) groups excluding carboxylic acids is 4. The monoisotopic (exact) mass is 1270 g/mol. The van der Waals surface area contributed by atoms with E-state index >= 15 is 0 Å². The van der Waals surface area contributed by atoms with Crippen molar-refractivity contribution >= 4 is 39.5 Å². The third-order valence-electron chi connectivity index (χ3n) is 15.7. The van der Waals surface area contributed by atoms with E-state index < -0.39 is 97.5 Å². The zero-order chi connectivity index (χ0) is 63.9. The molecule has 0 aliphatic rings. The standard InChI is InChI=1S/C67H130O17P2/c1-9-60(8)46-38-30-22-14-10-11-15-24-33-41-49-66(71)83-62(53-77-64(69)47-39-31-23-16-12-13-19-27-35-43-57(2)3)55-81-85(73,74)79-51-61(68)52-80-86(75,76)82-56-63(84-67(72)50-42-34-26-18-21-29-37-45-59(6)7)54-78-65(70)48-40-32-25-17-20-28-36-44-58(4)5/h57-63,68H,9-56H2,1-8H3,(H,73,74)(H,75,76)/t60?,61?,62-,63-/m1/s1. The van der Waals surface area contributed by atoms with Gasteiger partial charge in [0.05, 0.1) is 26.4 Å². The summed E-state index contributed by atoms with van der Waals surface area (Å²) in [6.45, 7) is 14.0. The van der Waals surface area contributed by atoms with E-state index in [1.54, 1.807) is 0 Å². The molecule has 86 heavy (non-hydrogen) atoms. The fourth-order valence-electron chi connectivity index (χ4n) is 9.93. The van der Waals surface area contributed by atoms with E-state index in [0.717, 1.165) is 108 Å². The number of phosphoric acid groups is 2. The van der Waals surface area contributed by atoms with Crippen LogP contribution in [0.3, 0.4) is 0 Å². The Kier molecular flexibility index (Phi) is 55.7. The van der Waals surface area contributed by atoms with Crippen molar-refractivity contribution in [2.75, 3.05) is 39.6 Å². The zero-order valence-electron chi connectivity index (χ0n) is 55.9. The van der Waals surface area contributed by atoms with Crippen molar-refractivity contribution in [1.29, 1.82) is 0 Å². The molecule has 0 aromatic rings. The van der Waals surface area contributed by atoms with Crippen LogP contribution in [0.1, 0.15) is 325 Å². The van der Waals surface area contributed by atoms with E-state index in [2.05, 4.69) is 55.4 Å². The summed E-state index contributed by atoms with van der Waals surface area (Å²) in [4.78, 5) is 72.4. The summed E-state index contributed by atoms with van der Waals surface area (Å²) in [7, 11) is -9.90. The number of esters is 4. The summed E-state index contributed by atoms with van der Waals surface area (Å²) in [5.74, 6) is 0.811. The predicted molar refractivity (Wildman–Crippen MR) is 344 cm³/mol. The SMILES string of the molecule is CCC(C)CCCCCCCCCCCCC(=O)O[C@H](COC(=O)CCCCCCCCCCCC(C)C)COP(=O)(O)OCC(O)COP(=O)(O)OC[C@@H](COC(=O)CCCCCCCCCC(C)C)OC(=O)CCCCCCCCCC(C)C. The second kappa shape index (κ2) is 57.0. The molecule has 0 aromatic carbocycles. The van der Waals surface area contributed by atoms with E-state index in [0.29, 0.717) is 37.5 Å². The minimum absolute atomic E-state index is 0.102. The molecule has 17 nitrogen and oxygen atoms in total. The van der Waals surface area contributed by atoms with E-state index in [-0.39, 0.29) is 25.7 Å². The summed E-state index contributed by atoms with van der Waals surface area (Å²) < 4.78 is 68.1. The average molecular weight is 1270 g/mol. The van der Waals surface area contributed by atoms with E-state index in [4.69, 9.17) is 37.0 Å². The Morgan fingerprint density at radius 1 is 0.326 bits per heavy atom. The summed E-state index contributed by atoms with van der Waals surface area (Å²) in [5, 5.41) is 10.6. The van der Waals surface area contributed by atoms with Crippen molar-refractivity contribution in [2.24, 2.45) is 23.7 Å². The van der Waals surface area contributed by atoms with Crippen molar-refractivity contribution < 1.29 is 80.2 Å². The van der Waals surface area contributed by atoms with Crippen molar-refractivity contribution in [3.05, 3.63) is 0 Å². The second-order valence-electron chi connectivity index (χ2n) is 25.9. The lowest BCUT2D eigenvalue weighted by molar-refractivity contribution is -0.161. The molecule has 0 fully saturated rings. The second-order valence-corrected chi connectivity index (χ2v) is 28.8. The highest BCUT2D eigenvalue weighted by Crippen LogP contribution is 2.45. The molecule has 0 radical (unpaired) electrons. The van der Waals surface area contributed by atoms with Crippen LogP contribution in [-0.2, 0) is 65.4 Å². The number of hydrogen-bond acceptors (Lipinski definition) is 15. The number of unbranched alkanes of at least 4 members (excludes halogenated alkanes) is 29. The maximum absolute atomic E-state index is 13.0. The molecule has 0 aliphatic heterocycles. The van der Waals surface area contributed by atoms with Crippen molar-refractivity contribution in [3.8, 4) is 0 Å². The van der Waals surface area contributed by atoms with Gasteiger partial charge in [0, 0.05) is 25.7 Å². The molecule has 510 valence electrons. The largest absolute Gasteiger partial charge is 0.472 e. The molecule has 0 amide bonds. The van der Waals surface area contributed by atoms with Crippen LogP contribution < -0.4 is 0 Å². The molecule has 0 spiro atoms. The number of aliphatic hydroxyl groups excluding tert-OH is 1. The first-order valence-corrected chi connectivity index (χ1v) is 37.7. The van der Waals surface area contributed by atoms with Crippen molar-refractivity contribution in [1.82, 2.24) is 0 Å². The van der Waals surface area contributed by atoms with E-state index in [1.807, 2.05) is 0 Å². The van der Waals surface area contributed by atoms with Gasteiger partial charge in [-0.2, -0.15) is 0 Å². The molecule has 19 heteroatoms. The Balaban J connectivity index is 5.26. The minimum atomic E-state index is -4.95. The molecule has 0 heterocycles. The highest BCUT2D eigenvalue weighted by molar-refractivity contribution is 7.47. The Bertz CT molecular complexity index is 1720. The van der Waals surface area contributed by atoms with Crippen LogP contribution in [0.15, 0.2) is 0 Å². The fraction of sp³-hybridized carbons (Fsp3) is 0.940. The summed E-state index contributed by atoms with van der Waals surface area (Å²) in [6.07, 6.45) is 37.7. The number of carbonyl (C=O) groups is 4. The maximum atomic E-state index is 13.0. The van der Waals surface area contributed by atoms with Gasteiger partial charge < -0.3 is 33.8 Å². The van der Waals surface area contributed by atoms with Gasteiger partial charge in [0.15, 0.2) is 12.2 Å². The Morgan fingerprint density at radius 2 is 0.558 bits per heavy atom. The zero-order valence-corrected chi connectivity index (χ0v) is 57.7. The van der Waals surface area contributed by atoms with Crippen molar-refractivity contribution in [3.63, 3.8) is 0 Å². The molecule has 0 aromatic heterocycles. The number of rotatable bonds is 64. The summed E-state index contributed by atoms with van der Waals surface area (Å²) >= 11 is 0. The molecular weight excluding hydrogens is 1140 g/mol. The Morgan fingerprint density at radius 3 is 0.826 bits per heavy atom. The molecule has 4 unspecified atom stereocenters. The summed E-state index contributed by atoms with van der Waals surface area (Å²) in [5.41, 5.74) is 0. The van der Waals surface area contributed by atoms with Gasteiger partial charge in [0.2, 0.25) is 0 Å². The highest BCUT2D eigenvalue weighted by atomic mass is 31.2. The highest BCUT2D eigenvalue weighted by Gasteiger charge is 2.30. The first-order chi connectivity index (χ1) is 41.1. The van der Waals surface area contributed by atoms with Crippen LogP contribution >= 0.6 is 15.6 Å². The molecule has 0 saturated heterocycles. The van der Waals surface area contributed by atoms with Crippen LogP contribution in [0.2, 0.25) is 0 Å². The quantitative estimate of drug-likeness (QED) is 0.0222. The van der Waals surface area contributed by atoms with Gasteiger partial charge in [0.1, 0.15) is 19.3 Å². The van der Waals surface area contributed by atoms with Gasteiger partial charge in [-0.15, -0.1) is 0 Å². The Labute approximate surface area is 524 Å². The van der Waals surface area contributed by atoms with Crippen LogP contribution in [0.25, 0.3) is 0 Å². The first-order valence-electron chi connectivity index (χ1n) is 34.7. The minimum Gasteiger partial charge on any atom is -0.462 e. The molecule has 0 bridgehead atoms. The molecular formula is C67H130O17P2. The third-order valence-corrected chi connectivity index (χ3v) is 17.6. The van der Waals surface area contributed by atoms with Crippen molar-refractivity contribution in [2.45, 2.75) is 343 Å². The normalized spacial score (nSPS) is 14.7. The van der Waals surface area contributed by atoms with Gasteiger partial charge in [-0.1, -0.05) is 274 Å². The van der Waals surface area contributed by atoms with Crippen LogP contribution in [-0.4, -0.2) is 96.7 Å². The number of hydrogen-bond donors (Lipinski definition) is 3. The number of phosphoric ester groups is 2. The predicted octanol–water partition coefficient (Wildman–Crippen LogP) is 18.5. The lowest BCUT2D eigenvalue weighted by atomic mass is 9.99. The average Bonchev–Trinajstić information content (AvgIpc) is 3.64. The van der Waals surface area contributed by atoms with Crippen LogP contribution in [0, 0.1) is 23.7 Å². The van der Waals surface area contributed by atoms with E-state index in [9.17, 15) is 43.2 Å². The topological polar surface area (TPSA) is 237 Å². The molecule has 0 saturated carbocycles. The number of ether oxygens (including phenoxy) is 4. The van der Waals surface area contributed by atoms with Gasteiger partial charge in [-0.05, 0) is 49.4 Å². The smallest absolute Gasteiger partial charge is 0.462 e. The first kappa shape index (κ1) is 84.1.